The summed E-state index contributed by atoms with van der Waals surface area (Å²) in [5.41, 5.74) is 9.91. The summed E-state index contributed by atoms with van der Waals surface area (Å²) in [6.07, 6.45) is 6.24. The second-order valence-corrected chi connectivity index (χ2v) is 14.0. The van der Waals surface area contributed by atoms with Crippen molar-refractivity contribution in [2.24, 2.45) is 7.05 Å². The molecule has 1 aromatic carbocycles. The maximum absolute atomic E-state index is 14.1. The Kier molecular flexibility index (Phi) is 6.87. The van der Waals surface area contributed by atoms with Gasteiger partial charge in [-0.15, -0.1) is 11.8 Å². The molecule has 226 valence electrons. The molecule has 3 aromatic heterocycles. The molecule has 3 N–H and O–H groups in total. The van der Waals surface area contributed by atoms with Crippen LogP contribution in [0.15, 0.2) is 34.2 Å². The van der Waals surface area contributed by atoms with Crippen LogP contribution in [0.25, 0.3) is 32.9 Å². The Hall–Kier alpha value is -2.83. The Bertz CT molecular complexity index is 1780. The molecule has 3 atom stereocenters. The number of nitrogens with one attached hydrogen (secondary N) is 1. The fourth-order valence-electron chi connectivity index (χ4n) is 7.74. The third-order valence-corrected chi connectivity index (χ3v) is 11.5. The standard InChI is InChI=1S/C31H38ClN9OS/c1-3-38-6-8-39(9-7-38)15-20-17-43-29-27(23-16-37(2)25-12-34-26(33)11-21(23)25)24(32)10-22-28(29)41(20)31(42)36-30(22)40-13-18-4-5-19(14-40)35-18/h10-12,16,18-20,35H,3-9,13-15,17H2,1-2H3,(H2,33,34)/t18?,19?,20-/m0/s1. The molecule has 0 saturated carbocycles. The van der Waals surface area contributed by atoms with Gasteiger partial charge in [0.25, 0.3) is 0 Å². The van der Waals surface area contributed by atoms with Crippen molar-refractivity contribution >= 4 is 56.8 Å². The number of aromatic nitrogens is 4. The molecule has 2 unspecified atom stereocenters. The summed E-state index contributed by atoms with van der Waals surface area (Å²) in [5, 5.41) is 6.36. The molecule has 8 rings (SSSR count). The average Bonchev–Trinajstić information content (AvgIpc) is 3.51. The summed E-state index contributed by atoms with van der Waals surface area (Å²) in [6.45, 7) is 10.0. The smallest absolute Gasteiger partial charge is 0.350 e. The second-order valence-electron chi connectivity index (χ2n) is 12.6. The highest BCUT2D eigenvalue weighted by atomic mass is 35.5. The van der Waals surface area contributed by atoms with Crippen molar-refractivity contribution in [1.82, 2.24) is 34.2 Å². The maximum Gasteiger partial charge on any atom is 0.350 e. The number of halogens is 1. The van der Waals surface area contributed by atoms with Gasteiger partial charge in [0.2, 0.25) is 0 Å². The summed E-state index contributed by atoms with van der Waals surface area (Å²) in [7, 11) is 2.02. The molecule has 10 nitrogen and oxygen atoms in total. The molecular formula is C31H38ClN9OS. The number of benzene rings is 1. The van der Waals surface area contributed by atoms with E-state index in [2.05, 4.69) is 48.8 Å². The molecule has 2 bridgehead atoms. The Morgan fingerprint density at radius 1 is 1.09 bits per heavy atom. The van der Waals surface area contributed by atoms with Crippen LogP contribution in [0.3, 0.4) is 0 Å². The highest BCUT2D eigenvalue weighted by molar-refractivity contribution is 7.99. The first-order valence-corrected chi connectivity index (χ1v) is 16.8. The van der Waals surface area contributed by atoms with E-state index in [1.807, 2.05) is 35.6 Å². The van der Waals surface area contributed by atoms with E-state index in [1.165, 1.54) is 0 Å². The van der Waals surface area contributed by atoms with Crippen LogP contribution in [-0.4, -0.2) is 99.1 Å². The molecule has 3 fully saturated rings. The summed E-state index contributed by atoms with van der Waals surface area (Å²) in [5.74, 6) is 2.03. The van der Waals surface area contributed by atoms with Gasteiger partial charge < -0.3 is 25.4 Å². The third kappa shape index (κ3) is 4.63. The summed E-state index contributed by atoms with van der Waals surface area (Å²) >= 11 is 9.08. The lowest BCUT2D eigenvalue weighted by atomic mass is 10.0. The van der Waals surface area contributed by atoms with Crippen LogP contribution in [0.1, 0.15) is 25.8 Å². The predicted octanol–water partition coefficient (Wildman–Crippen LogP) is 3.41. The molecule has 0 radical (unpaired) electrons. The van der Waals surface area contributed by atoms with Crippen LogP contribution in [0.4, 0.5) is 11.6 Å². The minimum atomic E-state index is -0.160. The van der Waals surface area contributed by atoms with E-state index in [-0.39, 0.29) is 11.7 Å². The van der Waals surface area contributed by atoms with Crippen LogP contribution in [0, 0.1) is 0 Å². The van der Waals surface area contributed by atoms with E-state index in [4.69, 9.17) is 22.3 Å². The van der Waals surface area contributed by atoms with Crippen molar-refractivity contribution in [1.29, 1.82) is 0 Å². The first kappa shape index (κ1) is 27.7. The molecule has 3 saturated heterocycles. The Balaban J connectivity index is 1.31. The molecule has 7 heterocycles. The quantitative estimate of drug-likeness (QED) is 0.348. The zero-order valence-corrected chi connectivity index (χ0v) is 26.3. The zero-order valence-electron chi connectivity index (χ0n) is 24.7. The van der Waals surface area contributed by atoms with Gasteiger partial charge >= 0.3 is 5.69 Å². The van der Waals surface area contributed by atoms with E-state index in [9.17, 15) is 4.79 Å². The predicted molar refractivity (Wildman–Crippen MR) is 176 cm³/mol. The Morgan fingerprint density at radius 2 is 1.84 bits per heavy atom. The lowest BCUT2D eigenvalue weighted by Gasteiger charge is -2.38. The highest BCUT2D eigenvalue weighted by Gasteiger charge is 2.36. The zero-order chi connectivity index (χ0) is 29.4. The number of likely N-dealkylation sites (N-methyl/N-ethyl adjacent to an activating group) is 1. The molecule has 4 aliphatic heterocycles. The van der Waals surface area contributed by atoms with E-state index in [0.29, 0.717) is 22.9 Å². The number of fused-ring (bicyclic) bond motifs is 3. The van der Waals surface area contributed by atoms with Crippen molar-refractivity contribution in [3.8, 4) is 11.1 Å². The minimum absolute atomic E-state index is 0.0304. The summed E-state index contributed by atoms with van der Waals surface area (Å²) < 4.78 is 4.06. The van der Waals surface area contributed by atoms with Gasteiger partial charge in [0.15, 0.2) is 0 Å². The maximum atomic E-state index is 14.1. The molecule has 0 amide bonds. The lowest BCUT2D eigenvalue weighted by molar-refractivity contribution is 0.126. The minimum Gasteiger partial charge on any atom is -0.384 e. The third-order valence-electron chi connectivity index (χ3n) is 9.95. The van der Waals surface area contributed by atoms with Crippen molar-refractivity contribution in [2.75, 3.05) is 68.7 Å². The second kappa shape index (κ2) is 10.7. The van der Waals surface area contributed by atoms with Crippen molar-refractivity contribution in [3.63, 3.8) is 0 Å². The highest BCUT2D eigenvalue weighted by Crippen LogP contribution is 2.49. The van der Waals surface area contributed by atoms with E-state index in [1.54, 1.807) is 0 Å². The average molecular weight is 620 g/mol. The van der Waals surface area contributed by atoms with Gasteiger partial charge in [-0.3, -0.25) is 9.47 Å². The topological polar surface area (TPSA) is 100 Å². The SMILES string of the molecule is CCN1CCN(C[C@H]2CSc3c(-c4cn(C)c5cnc(N)cc45)c(Cl)cc4c(N5CC6CCC(C5)N6)nc(=O)n2c34)CC1. The molecular weight excluding hydrogens is 582 g/mol. The number of hydrogen-bond acceptors (Lipinski definition) is 9. The largest absolute Gasteiger partial charge is 0.384 e. The van der Waals surface area contributed by atoms with Gasteiger partial charge in [-0.1, -0.05) is 18.5 Å². The van der Waals surface area contributed by atoms with Crippen molar-refractivity contribution in [3.05, 3.63) is 40.0 Å². The number of anilines is 2. The van der Waals surface area contributed by atoms with Gasteiger partial charge in [0.1, 0.15) is 11.6 Å². The number of nitrogens with zero attached hydrogens (tertiary/aromatic N) is 7. The van der Waals surface area contributed by atoms with Crippen LogP contribution in [-0.2, 0) is 7.05 Å². The van der Waals surface area contributed by atoms with Crippen molar-refractivity contribution in [2.45, 2.75) is 42.8 Å². The number of nitrogen functional groups attached to an aromatic ring is 1. The first-order valence-electron chi connectivity index (χ1n) is 15.5. The number of hydrogen-bond donors (Lipinski definition) is 2. The van der Waals surface area contributed by atoms with Gasteiger partial charge in [-0.05, 0) is 31.5 Å². The number of rotatable bonds is 5. The molecule has 4 aliphatic rings. The van der Waals surface area contributed by atoms with Crippen LogP contribution < -0.4 is 21.6 Å². The van der Waals surface area contributed by atoms with Crippen molar-refractivity contribution < 1.29 is 0 Å². The van der Waals surface area contributed by atoms with Gasteiger partial charge in [0, 0.05) is 104 Å². The van der Waals surface area contributed by atoms with Gasteiger partial charge in [-0.2, -0.15) is 4.98 Å². The number of nitrogens with two attached hydrogens (primary N) is 1. The van der Waals surface area contributed by atoms with Gasteiger partial charge in [-0.25, -0.2) is 9.78 Å². The molecule has 0 spiro atoms. The first-order chi connectivity index (χ1) is 20.9. The van der Waals surface area contributed by atoms with E-state index in [0.717, 1.165) is 115 Å². The van der Waals surface area contributed by atoms with E-state index >= 15 is 0 Å². The van der Waals surface area contributed by atoms with Crippen LogP contribution in [0.5, 0.6) is 0 Å². The lowest BCUT2D eigenvalue weighted by Crippen LogP contribution is -2.52. The molecule has 12 heteroatoms. The number of aryl methyl sites for hydroxylation is 1. The molecule has 0 aliphatic carbocycles. The summed E-state index contributed by atoms with van der Waals surface area (Å²) in [4.78, 5) is 31.7. The molecule has 4 aromatic rings. The Labute approximate surface area is 260 Å². The van der Waals surface area contributed by atoms with E-state index < -0.39 is 0 Å². The fourth-order valence-corrected chi connectivity index (χ4v) is 9.42. The van der Waals surface area contributed by atoms with Crippen LogP contribution in [0.2, 0.25) is 5.02 Å². The Morgan fingerprint density at radius 3 is 2.58 bits per heavy atom. The van der Waals surface area contributed by atoms with Crippen LogP contribution >= 0.6 is 23.4 Å². The fraction of sp³-hybridized carbons (Fsp3) is 0.516. The monoisotopic (exact) mass is 619 g/mol. The number of thioether (sulfide) groups is 1. The van der Waals surface area contributed by atoms with Gasteiger partial charge in [0.05, 0.1) is 28.3 Å². The summed E-state index contributed by atoms with van der Waals surface area (Å²) in [6, 6.07) is 4.87. The molecule has 43 heavy (non-hydrogen) atoms. The number of pyridine rings is 1. The normalized spacial score (nSPS) is 24.4. The number of piperazine rings is 2.